The first-order valence-electron chi connectivity index (χ1n) is 5.34. The van der Waals surface area contributed by atoms with Gasteiger partial charge in [-0.1, -0.05) is 27.2 Å². The monoisotopic (exact) mass is 199 g/mol. The van der Waals surface area contributed by atoms with Gasteiger partial charge in [-0.25, -0.2) is 0 Å². The molecule has 0 fully saturated rings. The van der Waals surface area contributed by atoms with Gasteiger partial charge >= 0.3 is 0 Å². The van der Waals surface area contributed by atoms with E-state index in [1.807, 2.05) is 20.8 Å². The van der Waals surface area contributed by atoms with Crippen LogP contribution in [0, 0.1) is 5.92 Å². The van der Waals surface area contributed by atoms with Crippen LogP contribution in [0.15, 0.2) is 0 Å². The van der Waals surface area contributed by atoms with Crippen LogP contribution in [0.3, 0.4) is 0 Å². The van der Waals surface area contributed by atoms with Gasteiger partial charge in [-0.15, -0.1) is 0 Å². The van der Waals surface area contributed by atoms with Crippen molar-refractivity contribution in [1.82, 2.24) is 5.32 Å². The zero-order valence-electron chi connectivity index (χ0n) is 9.38. The summed E-state index contributed by atoms with van der Waals surface area (Å²) in [6.45, 7) is 6.11. The van der Waals surface area contributed by atoms with E-state index in [-0.39, 0.29) is 11.9 Å². The molecule has 1 atom stereocenters. The van der Waals surface area contributed by atoms with Gasteiger partial charge in [0.1, 0.15) is 6.29 Å². The molecule has 0 aromatic rings. The number of aldehydes is 1. The Bertz CT molecular complexity index is 178. The molecule has 0 spiro atoms. The van der Waals surface area contributed by atoms with E-state index in [9.17, 15) is 9.59 Å². The lowest BCUT2D eigenvalue weighted by Gasteiger charge is -2.14. The number of nitrogens with one attached hydrogen (secondary N) is 1. The number of hydrogen-bond acceptors (Lipinski definition) is 2. The summed E-state index contributed by atoms with van der Waals surface area (Å²) in [5.41, 5.74) is 0. The molecule has 0 aliphatic carbocycles. The van der Waals surface area contributed by atoms with E-state index in [1.165, 1.54) is 0 Å². The molecular formula is C11H21NO2. The third kappa shape index (κ3) is 6.63. The fourth-order valence-electron chi connectivity index (χ4n) is 1.27. The zero-order chi connectivity index (χ0) is 11.0. The molecule has 0 saturated carbocycles. The molecule has 0 heterocycles. The summed E-state index contributed by atoms with van der Waals surface area (Å²) in [7, 11) is 0. The summed E-state index contributed by atoms with van der Waals surface area (Å²) < 4.78 is 0. The van der Waals surface area contributed by atoms with Gasteiger partial charge in [-0.3, -0.25) is 4.79 Å². The Morgan fingerprint density at radius 2 is 2.07 bits per heavy atom. The van der Waals surface area contributed by atoms with Crippen LogP contribution in [-0.2, 0) is 9.59 Å². The average molecular weight is 199 g/mol. The number of carbonyl (C=O) groups excluding carboxylic acids is 2. The molecule has 3 nitrogen and oxygen atoms in total. The Labute approximate surface area is 86.3 Å². The minimum atomic E-state index is -0.306. The van der Waals surface area contributed by atoms with Crippen LogP contribution in [0.1, 0.15) is 46.5 Å². The topological polar surface area (TPSA) is 46.2 Å². The molecule has 0 aromatic heterocycles. The van der Waals surface area contributed by atoms with Crippen molar-refractivity contribution in [3.05, 3.63) is 0 Å². The molecule has 0 unspecified atom stereocenters. The maximum absolute atomic E-state index is 11.3. The van der Waals surface area contributed by atoms with Crippen molar-refractivity contribution in [1.29, 1.82) is 0 Å². The minimum absolute atomic E-state index is 0.00963. The van der Waals surface area contributed by atoms with Crippen LogP contribution in [0.5, 0.6) is 0 Å². The maximum atomic E-state index is 11.3. The third-order valence-corrected chi connectivity index (χ3v) is 1.99. The smallest absolute Gasteiger partial charge is 0.220 e. The van der Waals surface area contributed by atoms with Crippen molar-refractivity contribution in [3.63, 3.8) is 0 Å². The van der Waals surface area contributed by atoms with Crippen LogP contribution in [-0.4, -0.2) is 18.2 Å². The first-order chi connectivity index (χ1) is 6.60. The lowest BCUT2D eigenvalue weighted by atomic mass is 10.0. The highest BCUT2D eigenvalue weighted by Gasteiger charge is 2.11. The standard InChI is InChI=1S/C11H21NO2/c1-4-5-6-11(14)12-10(8-13)7-9(2)3/h8-10H,4-7H2,1-3H3,(H,12,14)/t10-/m0/s1. The summed E-state index contributed by atoms with van der Waals surface area (Å²) in [5.74, 6) is 0.418. The normalized spacial score (nSPS) is 12.6. The second-order valence-electron chi connectivity index (χ2n) is 4.04. The van der Waals surface area contributed by atoms with Gasteiger partial charge in [0.15, 0.2) is 0 Å². The number of amides is 1. The lowest BCUT2D eigenvalue weighted by Crippen LogP contribution is -2.36. The molecule has 1 amide bonds. The van der Waals surface area contributed by atoms with Crippen LogP contribution in [0.4, 0.5) is 0 Å². The second kappa shape index (κ2) is 7.54. The van der Waals surface area contributed by atoms with Gasteiger partial charge in [0, 0.05) is 6.42 Å². The highest BCUT2D eigenvalue weighted by molar-refractivity contribution is 5.79. The fourth-order valence-corrected chi connectivity index (χ4v) is 1.27. The number of carbonyl (C=O) groups is 2. The number of hydrogen-bond donors (Lipinski definition) is 1. The summed E-state index contributed by atoms with van der Waals surface area (Å²) in [5, 5.41) is 2.73. The van der Waals surface area contributed by atoms with E-state index in [1.54, 1.807) is 0 Å². The Morgan fingerprint density at radius 1 is 1.43 bits per heavy atom. The summed E-state index contributed by atoms with van der Waals surface area (Å²) in [4.78, 5) is 21.9. The molecular weight excluding hydrogens is 178 g/mol. The average Bonchev–Trinajstić information content (AvgIpc) is 2.12. The van der Waals surface area contributed by atoms with Gasteiger partial charge < -0.3 is 10.1 Å². The lowest BCUT2D eigenvalue weighted by molar-refractivity contribution is -0.124. The van der Waals surface area contributed by atoms with Crippen molar-refractivity contribution in [2.24, 2.45) is 5.92 Å². The van der Waals surface area contributed by atoms with E-state index >= 15 is 0 Å². The molecule has 1 N–H and O–H groups in total. The minimum Gasteiger partial charge on any atom is -0.347 e. The molecule has 0 saturated heterocycles. The van der Waals surface area contributed by atoms with Crippen molar-refractivity contribution in [3.8, 4) is 0 Å². The SMILES string of the molecule is CCCCC(=O)N[C@H](C=O)CC(C)C. The Hall–Kier alpha value is -0.860. The van der Waals surface area contributed by atoms with Crippen molar-refractivity contribution < 1.29 is 9.59 Å². The Balaban J connectivity index is 3.80. The van der Waals surface area contributed by atoms with E-state index in [0.717, 1.165) is 25.5 Å². The zero-order valence-corrected chi connectivity index (χ0v) is 9.38. The summed E-state index contributed by atoms with van der Waals surface area (Å²) in [6, 6.07) is -0.306. The van der Waals surface area contributed by atoms with E-state index in [0.29, 0.717) is 12.3 Å². The summed E-state index contributed by atoms with van der Waals surface area (Å²) in [6.07, 6.45) is 3.96. The molecule has 14 heavy (non-hydrogen) atoms. The van der Waals surface area contributed by atoms with Gasteiger partial charge in [-0.2, -0.15) is 0 Å². The molecule has 0 aliphatic heterocycles. The number of unbranched alkanes of at least 4 members (excludes halogenated alkanes) is 1. The molecule has 0 aromatic carbocycles. The first-order valence-corrected chi connectivity index (χ1v) is 5.34. The predicted molar refractivity (Wildman–Crippen MR) is 57.0 cm³/mol. The van der Waals surface area contributed by atoms with Crippen molar-refractivity contribution in [2.75, 3.05) is 0 Å². The first kappa shape index (κ1) is 13.1. The van der Waals surface area contributed by atoms with Crippen LogP contribution < -0.4 is 5.32 Å². The molecule has 0 radical (unpaired) electrons. The molecule has 0 aliphatic rings. The second-order valence-corrected chi connectivity index (χ2v) is 4.04. The molecule has 3 heteroatoms. The van der Waals surface area contributed by atoms with Gasteiger partial charge in [0.05, 0.1) is 6.04 Å². The molecule has 82 valence electrons. The van der Waals surface area contributed by atoms with Gasteiger partial charge in [-0.05, 0) is 18.8 Å². The fraction of sp³-hybridized carbons (Fsp3) is 0.818. The highest BCUT2D eigenvalue weighted by Crippen LogP contribution is 2.03. The largest absolute Gasteiger partial charge is 0.347 e. The van der Waals surface area contributed by atoms with Crippen molar-refractivity contribution in [2.45, 2.75) is 52.5 Å². The van der Waals surface area contributed by atoms with Crippen LogP contribution in [0.2, 0.25) is 0 Å². The van der Waals surface area contributed by atoms with E-state index in [2.05, 4.69) is 5.32 Å². The van der Waals surface area contributed by atoms with Crippen LogP contribution in [0.25, 0.3) is 0 Å². The maximum Gasteiger partial charge on any atom is 0.220 e. The van der Waals surface area contributed by atoms with Crippen LogP contribution >= 0.6 is 0 Å². The number of rotatable bonds is 7. The quantitative estimate of drug-likeness (QED) is 0.637. The molecule has 0 rings (SSSR count). The predicted octanol–water partition coefficient (Wildman–Crippen LogP) is 1.91. The third-order valence-electron chi connectivity index (χ3n) is 1.99. The van der Waals surface area contributed by atoms with Gasteiger partial charge in [0.25, 0.3) is 0 Å². The van der Waals surface area contributed by atoms with Crippen molar-refractivity contribution >= 4 is 12.2 Å². The summed E-state index contributed by atoms with van der Waals surface area (Å²) >= 11 is 0. The molecule has 0 bridgehead atoms. The van der Waals surface area contributed by atoms with E-state index < -0.39 is 0 Å². The highest BCUT2D eigenvalue weighted by atomic mass is 16.2. The van der Waals surface area contributed by atoms with E-state index in [4.69, 9.17) is 0 Å². The Morgan fingerprint density at radius 3 is 2.50 bits per heavy atom. The van der Waals surface area contributed by atoms with Gasteiger partial charge in [0.2, 0.25) is 5.91 Å². The Kier molecular flexibility index (Phi) is 7.07.